The van der Waals surface area contributed by atoms with Gasteiger partial charge in [-0.1, -0.05) is 27.7 Å². The van der Waals surface area contributed by atoms with Crippen LogP contribution in [0.4, 0.5) is 0 Å². The highest BCUT2D eigenvalue weighted by Crippen LogP contribution is 2.48. The lowest BCUT2D eigenvalue weighted by Crippen LogP contribution is -2.38. The monoisotopic (exact) mass is 394 g/mol. The number of benzene rings is 1. The zero-order chi connectivity index (χ0) is 22.3. The summed E-state index contributed by atoms with van der Waals surface area (Å²) in [6.07, 6.45) is 1.88. The number of hydrogen-bond donors (Lipinski definition) is 4. The third kappa shape index (κ3) is 4.16. The molecule has 0 amide bonds. The summed E-state index contributed by atoms with van der Waals surface area (Å²) in [5.41, 5.74) is -0.517. The summed E-state index contributed by atoms with van der Waals surface area (Å²) in [6, 6.07) is 0. The SMILES string of the molecule is CCC(C)(O)c1c(C)c(C(C)(O)CC)c(C(C)(O)CC)c(C)c1C(C)(O)CC. The molecule has 1 rings (SSSR count). The zero-order valence-electron chi connectivity index (χ0n) is 19.6. The molecule has 0 heterocycles. The normalized spacial score (nSPS) is 20.8. The molecule has 4 nitrogen and oxygen atoms in total. The van der Waals surface area contributed by atoms with Gasteiger partial charge in [0.15, 0.2) is 0 Å². The second-order valence-corrected chi connectivity index (χ2v) is 9.26. The molecular weight excluding hydrogens is 352 g/mol. The molecular formula is C24H42O4. The fourth-order valence-electron chi connectivity index (χ4n) is 4.40. The van der Waals surface area contributed by atoms with Crippen LogP contribution < -0.4 is 0 Å². The Bertz CT molecular complexity index is 594. The van der Waals surface area contributed by atoms with Gasteiger partial charge >= 0.3 is 0 Å². The van der Waals surface area contributed by atoms with Gasteiger partial charge in [-0.15, -0.1) is 0 Å². The summed E-state index contributed by atoms with van der Waals surface area (Å²) in [7, 11) is 0. The van der Waals surface area contributed by atoms with Crippen LogP contribution in [0.5, 0.6) is 0 Å². The lowest BCUT2D eigenvalue weighted by molar-refractivity contribution is 0.0152. The van der Waals surface area contributed by atoms with Crippen molar-refractivity contribution in [3.8, 4) is 0 Å². The largest absolute Gasteiger partial charge is 0.385 e. The molecule has 0 aliphatic rings. The average molecular weight is 395 g/mol. The smallest absolute Gasteiger partial charge is 0.0872 e. The van der Waals surface area contributed by atoms with Crippen LogP contribution in [-0.4, -0.2) is 20.4 Å². The molecule has 4 atom stereocenters. The van der Waals surface area contributed by atoms with Gasteiger partial charge in [-0.25, -0.2) is 0 Å². The first kappa shape index (κ1) is 25.1. The summed E-state index contributed by atoms with van der Waals surface area (Å²) in [5, 5.41) is 45.2. The summed E-state index contributed by atoms with van der Waals surface area (Å²) in [5.74, 6) is 0. The molecule has 0 aromatic heterocycles. The first-order valence-corrected chi connectivity index (χ1v) is 10.6. The van der Waals surface area contributed by atoms with E-state index < -0.39 is 22.4 Å². The first-order valence-electron chi connectivity index (χ1n) is 10.6. The van der Waals surface area contributed by atoms with Crippen LogP contribution in [0.3, 0.4) is 0 Å². The maximum absolute atomic E-state index is 11.3. The third-order valence-corrected chi connectivity index (χ3v) is 6.91. The Morgan fingerprint density at radius 2 is 0.607 bits per heavy atom. The predicted molar refractivity (Wildman–Crippen MR) is 115 cm³/mol. The van der Waals surface area contributed by atoms with E-state index in [9.17, 15) is 20.4 Å². The molecule has 4 unspecified atom stereocenters. The van der Waals surface area contributed by atoms with Crippen molar-refractivity contribution in [3.05, 3.63) is 33.4 Å². The third-order valence-electron chi connectivity index (χ3n) is 6.91. The molecule has 1 aromatic rings. The van der Waals surface area contributed by atoms with Crippen LogP contribution in [0.1, 0.15) is 114 Å². The molecule has 4 heteroatoms. The van der Waals surface area contributed by atoms with Gasteiger partial charge < -0.3 is 20.4 Å². The van der Waals surface area contributed by atoms with Gasteiger partial charge in [0.1, 0.15) is 0 Å². The van der Waals surface area contributed by atoms with Crippen molar-refractivity contribution in [1.29, 1.82) is 0 Å². The Kier molecular flexibility index (Phi) is 7.22. The van der Waals surface area contributed by atoms with Gasteiger partial charge in [-0.2, -0.15) is 0 Å². The highest BCUT2D eigenvalue weighted by Gasteiger charge is 2.43. The van der Waals surface area contributed by atoms with Crippen molar-refractivity contribution in [1.82, 2.24) is 0 Å². The van der Waals surface area contributed by atoms with E-state index in [1.807, 2.05) is 41.5 Å². The van der Waals surface area contributed by atoms with Gasteiger partial charge in [0.2, 0.25) is 0 Å². The molecule has 4 N–H and O–H groups in total. The minimum Gasteiger partial charge on any atom is -0.385 e. The Balaban J connectivity index is 4.39. The van der Waals surface area contributed by atoms with Crippen LogP contribution in [0.25, 0.3) is 0 Å². The number of rotatable bonds is 8. The second-order valence-electron chi connectivity index (χ2n) is 9.26. The number of aliphatic hydroxyl groups is 4. The van der Waals surface area contributed by atoms with Crippen LogP contribution in [0.2, 0.25) is 0 Å². The topological polar surface area (TPSA) is 80.9 Å². The summed E-state index contributed by atoms with van der Waals surface area (Å²) in [6.45, 7) is 18.4. The predicted octanol–water partition coefficient (Wildman–Crippen LogP) is 4.77. The van der Waals surface area contributed by atoms with Crippen molar-refractivity contribution >= 4 is 0 Å². The van der Waals surface area contributed by atoms with E-state index in [1.165, 1.54) is 0 Å². The van der Waals surface area contributed by atoms with E-state index in [4.69, 9.17) is 0 Å². The van der Waals surface area contributed by atoms with Gasteiger partial charge in [0.25, 0.3) is 0 Å². The van der Waals surface area contributed by atoms with Crippen molar-refractivity contribution in [3.63, 3.8) is 0 Å². The molecule has 0 aliphatic carbocycles. The molecule has 0 saturated heterocycles. The van der Waals surface area contributed by atoms with Gasteiger partial charge in [-0.3, -0.25) is 0 Å². The quantitative estimate of drug-likeness (QED) is 0.512. The lowest BCUT2D eigenvalue weighted by atomic mass is 9.68. The molecule has 28 heavy (non-hydrogen) atoms. The maximum Gasteiger partial charge on any atom is 0.0872 e. The van der Waals surface area contributed by atoms with Gasteiger partial charge in [0.05, 0.1) is 22.4 Å². The van der Waals surface area contributed by atoms with Crippen molar-refractivity contribution in [2.45, 2.75) is 117 Å². The average Bonchev–Trinajstić information content (AvgIpc) is 2.61. The summed E-state index contributed by atoms with van der Waals surface area (Å²) in [4.78, 5) is 0. The van der Waals surface area contributed by atoms with E-state index in [2.05, 4.69) is 0 Å². The number of hydrogen-bond acceptors (Lipinski definition) is 4. The Morgan fingerprint density at radius 3 is 0.714 bits per heavy atom. The molecule has 0 bridgehead atoms. The summed E-state index contributed by atoms with van der Waals surface area (Å²) < 4.78 is 0. The van der Waals surface area contributed by atoms with E-state index in [0.717, 1.165) is 11.1 Å². The molecule has 0 spiro atoms. The van der Waals surface area contributed by atoms with Crippen molar-refractivity contribution < 1.29 is 20.4 Å². The van der Waals surface area contributed by atoms with E-state index in [-0.39, 0.29) is 0 Å². The van der Waals surface area contributed by atoms with Crippen LogP contribution in [0, 0.1) is 13.8 Å². The second kappa shape index (κ2) is 8.06. The minimum absolute atomic E-state index is 0.470. The summed E-state index contributed by atoms with van der Waals surface area (Å²) >= 11 is 0. The van der Waals surface area contributed by atoms with Crippen LogP contribution in [-0.2, 0) is 22.4 Å². The molecule has 162 valence electrons. The van der Waals surface area contributed by atoms with Crippen molar-refractivity contribution in [2.75, 3.05) is 0 Å². The van der Waals surface area contributed by atoms with E-state index >= 15 is 0 Å². The van der Waals surface area contributed by atoms with Gasteiger partial charge in [0, 0.05) is 0 Å². The minimum atomic E-state index is -1.17. The molecule has 0 radical (unpaired) electrons. The molecule has 0 saturated carbocycles. The molecule has 1 aromatic carbocycles. The van der Waals surface area contributed by atoms with Gasteiger partial charge in [-0.05, 0) is 101 Å². The van der Waals surface area contributed by atoms with Crippen LogP contribution in [0.15, 0.2) is 0 Å². The zero-order valence-corrected chi connectivity index (χ0v) is 19.6. The Morgan fingerprint density at radius 1 is 0.464 bits per heavy atom. The highest BCUT2D eigenvalue weighted by molar-refractivity contribution is 5.58. The van der Waals surface area contributed by atoms with E-state index in [1.54, 1.807) is 27.7 Å². The fraction of sp³-hybridized carbons (Fsp3) is 0.750. The fourth-order valence-corrected chi connectivity index (χ4v) is 4.40. The molecule has 0 fully saturated rings. The molecule has 0 aliphatic heterocycles. The standard InChI is InChI=1S/C24H42O4/c1-11-21(7,25)17-15(5)19(23(9,27)13-3)20(24(10,28)14-4)16(6)18(17)22(8,26)12-2/h25-28H,11-14H2,1-10H3. The maximum atomic E-state index is 11.3. The Hall–Kier alpha value is -0.940. The van der Waals surface area contributed by atoms with Crippen molar-refractivity contribution in [2.24, 2.45) is 0 Å². The lowest BCUT2D eigenvalue weighted by Gasteiger charge is -2.42. The van der Waals surface area contributed by atoms with Crippen LogP contribution >= 0.6 is 0 Å². The highest BCUT2D eigenvalue weighted by atomic mass is 16.3. The Labute approximate surface area is 171 Å². The first-order chi connectivity index (χ1) is 12.6. The van der Waals surface area contributed by atoms with E-state index in [0.29, 0.717) is 47.9 Å².